The molecule has 0 saturated carbocycles. The van der Waals surface area contributed by atoms with Crippen LogP contribution in [0.3, 0.4) is 0 Å². The van der Waals surface area contributed by atoms with E-state index in [1.807, 2.05) is 30.8 Å². The number of halogens is 1. The third kappa shape index (κ3) is 4.97. The Hall–Kier alpha value is -1.11. The number of hydrogen-bond acceptors (Lipinski definition) is 4. The van der Waals surface area contributed by atoms with E-state index in [9.17, 15) is 4.79 Å². The number of rotatable bonds is 5. The fourth-order valence-corrected chi connectivity index (χ4v) is 3.53. The van der Waals surface area contributed by atoms with Gasteiger partial charge in [0.25, 0.3) is 0 Å². The van der Waals surface area contributed by atoms with Gasteiger partial charge in [-0.25, -0.2) is 4.79 Å². The maximum atomic E-state index is 11.9. The third-order valence-corrected chi connectivity index (χ3v) is 4.60. The van der Waals surface area contributed by atoms with Crippen molar-refractivity contribution in [2.24, 2.45) is 0 Å². The maximum Gasteiger partial charge on any atom is 0.319 e. The van der Waals surface area contributed by atoms with E-state index in [1.54, 1.807) is 13.2 Å². The van der Waals surface area contributed by atoms with Crippen LogP contribution in [0.15, 0.2) is 18.2 Å². The Morgan fingerprint density at radius 3 is 2.82 bits per heavy atom. The van der Waals surface area contributed by atoms with Crippen LogP contribution in [-0.4, -0.2) is 50.4 Å². The summed E-state index contributed by atoms with van der Waals surface area (Å²) in [5.41, 5.74) is 1.71. The van der Waals surface area contributed by atoms with E-state index in [-0.39, 0.29) is 12.1 Å². The normalized spacial score (nSPS) is 16.2. The standard InChI is InChI=1S/C15H22ClN3O2S/c1-11(10-21-2)17-15(20)18-12-3-4-14(13(16)9-12)19-5-7-22-8-6-19/h3-4,9,11H,5-8,10H2,1-2H3,(H2,17,18,20)/t11-/m0/s1. The first-order valence-corrected chi connectivity index (χ1v) is 8.82. The average Bonchev–Trinajstić information content (AvgIpc) is 2.48. The van der Waals surface area contributed by atoms with Crippen molar-refractivity contribution in [3.05, 3.63) is 23.2 Å². The molecule has 0 unspecified atom stereocenters. The van der Waals surface area contributed by atoms with Crippen molar-refractivity contribution in [1.82, 2.24) is 5.32 Å². The molecular weight excluding hydrogens is 322 g/mol. The molecule has 1 atom stereocenters. The zero-order valence-electron chi connectivity index (χ0n) is 12.9. The predicted octanol–water partition coefficient (Wildman–Crippen LogP) is 3.05. The minimum absolute atomic E-state index is 0.0504. The molecule has 1 fully saturated rings. The zero-order chi connectivity index (χ0) is 15.9. The number of thioether (sulfide) groups is 1. The molecule has 5 nitrogen and oxygen atoms in total. The van der Waals surface area contributed by atoms with Crippen LogP contribution >= 0.6 is 23.4 Å². The van der Waals surface area contributed by atoms with Gasteiger partial charge >= 0.3 is 6.03 Å². The summed E-state index contributed by atoms with van der Waals surface area (Å²) in [5.74, 6) is 2.24. The van der Waals surface area contributed by atoms with E-state index < -0.39 is 0 Å². The summed E-state index contributed by atoms with van der Waals surface area (Å²) in [4.78, 5) is 14.1. The molecule has 0 bridgehead atoms. The first kappa shape index (κ1) is 17.2. The number of anilines is 2. The van der Waals surface area contributed by atoms with Crippen molar-refractivity contribution in [2.75, 3.05) is 48.5 Å². The second kappa shape index (κ2) is 8.50. The summed E-state index contributed by atoms with van der Waals surface area (Å²) in [7, 11) is 1.60. The van der Waals surface area contributed by atoms with Gasteiger partial charge in [-0.2, -0.15) is 11.8 Å². The molecule has 22 heavy (non-hydrogen) atoms. The fraction of sp³-hybridized carbons (Fsp3) is 0.533. The van der Waals surface area contributed by atoms with Crippen molar-refractivity contribution in [1.29, 1.82) is 0 Å². The minimum atomic E-state index is -0.261. The SMILES string of the molecule is COC[C@H](C)NC(=O)Nc1ccc(N2CCSCC2)c(Cl)c1. The van der Waals surface area contributed by atoms with Crippen LogP contribution in [-0.2, 0) is 4.74 Å². The van der Waals surface area contributed by atoms with Gasteiger partial charge in [-0.3, -0.25) is 0 Å². The van der Waals surface area contributed by atoms with E-state index in [2.05, 4.69) is 15.5 Å². The van der Waals surface area contributed by atoms with Gasteiger partial charge in [-0.1, -0.05) is 11.6 Å². The van der Waals surface area contributed by atoms with Crippen molar-refractivity contribution in [3.8, 4) is 0 Å². The molecule has 0 spiro atoms. The molecule has 2 N–H and O–H groups in total. The van der Waals surface area contributed by atoms with Gasteiger partial charge < -0.3 is 20.3 Å². The Bertz CT molecular complexity index is 510. The number of urea groups is 1. The highest BCUT2D eigenvalue weighted by Crippen LogP contribution is 2.30. The highest BCUT2D eigenvalue weighted by atomic mass is 35.5. The Balaban J connectivity index is 1.95. The Labute approximate surface area is 140 Å². The van der Waals surface area contributed by atoms with E-state index in [4.69, 9.17) is 16.3 Å². The van der Waals surface area contributed by atoms with Gasteiger partial charge in [0.05, 0.1) is 23.4 Å². The lowest BCUT2D eigenvalue weighted by Gasteiger charge is -2.29. The van der Waals surface area contributed by atoms with Crippen LogP contribution in [0.4, 0.5) is 16.2 Å². The van der Waals surface area contributed by atoms with Crippen LogP contribution in [0.2, 0.25) is 5.02 Å². The van der Waals surface area contributed by atoms with Gasteiger partial charge in [0.2, 0.25) is 0 Å². The van der Waals surface area contributed by atoms with Crippen molar-refractivity contribution in [3.63, 3.8) is 0 Å². The molecule has 1 aliphatic heterocycles. The lowest BCUT2D eigenvalue weighted by molar-refractivity contribution is 0.173. The van der Waals surface area contributed by atoms with Gasteiger partial charge in [0.15, 0.2) is 0 Å². The van der Waals surface area contributed by atoms with Crippen molar-refractivity contribution < 1.29 is 9.53 Å². The van der Waals surface area contributed by atoms with E-state index in [0.717, 1.165) is 30.3 Å². The van der Waals surface area contributed by atoms with Crippen LogP contribution < -0.4 is 15.5 Å². The first-order valence-electron chi connectivity index (χ1n) is 7.29. The van der Waals surface area contributed by atoms with Crippen LogP contribution in [0, 0.1) is 0 Å². The minimum Gasteiger partial charge on any atom is -0.383 e. The number of nitrogens with one attached hydrogen (secondary N) is 2. The molecule has 1 heterocycles. The molecule has 2 rings (SSSR count). The fourth-order valence-electron chi connectivity index (χ4n) is 2.33. The predicted molar refractivity (Wildman–Crippen MR) is 94.5 cm³/mol. The number of ether oxygens (including phenoxy) is 1. The summed E-state index contributed by atoms with van der Waals surface area (Å²) >= 11 is 8.32. The van der Waals surface area contributed by atoms with Gasteiger partial charge in [-0.15, -0.1) is 0 Å². The highest BCUT2D eigenvalue weighted by Gasteiger charge is 2.15. The Morgan fingerprint density at radius 2 is 2.18 bits per heavy atom. The van der Waals surface area contributed by atoms with E-state index in [0.29, 0.717) is 17.3 Å². The van der Waals surface area contributed by atoms with E-state index >= 15 is 0 Å². The second-order valence-electron chi connectivity index (χ2n) is 5.22. The topological polar surface area (TPSA) is 53.6 Å². The highest BCUT2D eigenvalue weighted by molar-refractivity contribution is 7.99. The Kier molecular flexibility index (Phi) is 6.67. The molecule has 0 aliphatic carbocycles. The molecule has 7 heteroatoms. The number of benzene rings is 1. The summed E-state index contributed by atoms with van der Waals surface area (Å²) in [6.07, 6.45) is 0. The van der Waals surface area contributed by atoms with Crippen LogP contribution in [0.5, 0.6) is 0 Å². The first-order chi connectivity index (χ1) is 10.6. The van der Waals surface area contributed by atoms with Gasteiger partial charge in [0.1, 0.15) is 0 Å². The largest absolute Gasteiger partial charge is 0.383 e. The Morgan fingerprint density at radius 1 is 1.45 bits per heavy atom. The van der Waals surface area contributed by atoms with Gasteiger partial charge in [-0.05, 0) is 25.1 Å². The number of carbonyl (C=O) groups is 1. The van der Waals surface area contributed by atoms with Crippen LogP contribution in [0.25, 0.3) is 0 Å². The smallest absolute Gasteiger partial charge is 0.319 e. The summed E-state index contributed by atoms with van der Waals surface area (Å²) in [6.45, 7) is 4.37. The number of methoxy groups -OCH3 is 1. The summed E-state index contributed by atoms with van der Waals surface area (Å²) in [6, 6.07) is 5.32. The summed E-state index contributed by atoms with van der Waals surface area (Å²) < 4.78 is 4.99. The number of amides is 2. The molecular formula is C15H22ClN3O2S. The van der Waals surface area contributed by atoms with Crippen molar-refractivity contribution in [2.45, 2.75) is 13.0 Å². The lowest BCUT2D eigenvalue weighted by Crippen LogP contribution is -2.38. The van der Waals surface area contributed by atoms with E-state index in [1.165, 1.54) is 0 Å². The monoisotopic (exact) mass is 343 g/mol. The lowest BCUT2D eigenvalue weighted by atomic mass is 10.2. The second-order valence-corrected chi connectivity index (χ2v) is 6.85. The molecule has 1 saturated heterocycles. The average molecular weight is 344 g/mol. The molecule has 1 aliphatic rings. The third-order valence-electron chi connectivity index (χ3n) is 3.35. The molecule has 1 aromatic rings. The molecule has 1 aromatic carbocycles. The van der Waals surface area contributed by atoms with Gasteiger partial charge in [0, 0.05) is 37.4 Å². The zero-order valence-corrected chi connectivity index (χ0v) is 14.5. The number of hydrogen-bond donors (Lipinski definition) is 2. The summed E-state index contributed by atoms with van der Waals surface area (Å²) in [5, 5.41) is 6.25. The van der Waals surface area contributed by atoms with Crippen molar-refractivity contribution >= 4 is 40.8 Å². The quantitative estimate of drug-likeness (QED) is 0.862. The number of nitrogens with zero attached hydrogens (tertiary/aromatic N) is 1. The van der Waals surface area contributed by atoms with Crippen LogP contribution in [0.1, 0.15) is 6.92 Å². The molecule has 122 valence electrons. The molecule has 2 amide bonds. The molecule has 0 radical (unpaired) electrons. The maximum absolute atomic E-state index is 11.9. The number of carbonyl (C=O) groups excluding carboxylic acids is 1. The molecule has 0 aromatic heterocycles.